The maximum atomic E-state index is 12.5. The van der Waals surface area contributed by atoms with Gasteiger partial charge in [0.05, 0.1) is 5.69 Å². The van der Waals surface area contributed by atoms with Gasteiger partial charge >= 0.3 is 6.30 Å². The maximum Gasteiger partial charge on any atom is 0.489 e. The fourth-order valence-corrected chi connectivity index (χ4v) is 1.78. The lowest BCUT2D eigenvalue weighted by Crippen LogP contribution is -2.13. The van der Waals surface area contributed by atoms with E-state index in [0.29, 0.717) is 11.2 Å². The standard InChI is InChI=1S/C11H7F3N4/c12-11(13,14)18-5-9(17-6-18)7-1-3-15-10-8(7)2-4-16-10/h1-6H,(H,15,16). The van der Waals surface area contributed by atoms with Gasteiger partial charge in [-0.3, -0.25) is 0 Å². The zero-order valence-corrected chi connectivity index (χ0v) is 8.94. The molecule has 1 N–H and O–H groups in total. The number of hydrogen-bond donors (Lipinski definition) is 1. The number of pyridine rings is 1. The molecule has 0 aliphatic carbocycles. The summed E-state index contributed by atoms with van der Waals surface area (Å²) in [7, 11) is 0. The van der Waals surface area contributed by atoms with E-state index in [0.717, 1.165) is 17.9 Å². The fourth-order valence-electron chi connectivity index (χ4n) is 1.78. The molecule has 4 nitrogen and oxygen atoms in total. The van der Waals surface area contributed by atoms with E-state index in [-0.39, 0.29) is 10.3 Å². The van der Waals surface area contributed by atoms with Crippen LogP contribution in [0.15, 0.2) is 37.1 Å². The highest BCUT2D eigenvalue weighted by Crippen LogP contribution is 2.28. The second-order valence-corrected chi connectivity index (χ2v) is 3.73. The van der Waals surface area contributed by atoms with E-state index >= 15 is 0 Å². The Hall–Kier alpha value is -2.31. The third kappa shape index (κ3) is 1.64. The summed E-state index contributed by atoms with van der Waals surface area (Å²) in [5.74, 6) is 0. The Kier molecular flexibility index (Phi) is 2.16. The summed E-state index contributed by atoms with van der Waals surface area (Å²) < 4.78 is 37.6. The van der Waals surface area contributed by atoms with Gasteiger partial charge < -0.3 is 4.98 Å². The van der Waals surface area contributed by atoms with Crippen LogP contribution in [-0.2, 0) is 6.30 Å². The Morgan fingerprint density at radius 3 is 2.72 bits per heavy atom. The Labute approximate surface area is 99.1 Å². The predicted octanol–water partition coefficient (Wildman–Crippen LogP) is 2.90. The quantitative estimate of drug-likeness (QED) is 0.723. The van der Waals surface area contributed by atoms with Crippen LogP contribution in [0.4, 0.5) is 13.2 Å². The number of aromatic nitrogens is 4. The molecule has 18 heavy (non-hydrogen) atoms. The summed E-state index contributed by atoms with van der Waals surface area (Å²) in [6.07, 6.45) is 0.480. The van der Waals surface area contributed by atoms with Crippen molar-refractivity contribution in [3.8, 4) is 11.3 Å². The minimum absolute atomic E-state index is 0.126. The van der Waals surface area contributed by atoms with Crippen LogP contribution in [0.2, 0.25) is 0 Å². The van der Waals surface area contributed by atoms with Crippen LogP contribution in [0.5, 0.6) is 0 Å². The predicted molar refractivity (Wildman–Crippen MR) is 58.6 cm³/mol. The molecular formula is C11H7F3N4. The molecule has 0 saturated carbocycles. The second kappa shape index (κ2) is 3.59. The molecule has 7 heteroatoms. The van der Waals surface area contributed by atoms with Gasteiger partial charge in [0.1, 0.15) is 12.0 Å². The van der Waals surface area contributed by atoms with Crippen molar-refractivity contribution >= 4 is 11.0 Å². The second-order valence-electron chi connectivity index (χ2n) is 3.73. The molecule has 92 valence electrons. The highest BCUT2D eigenvalue weighted by molar-refractivity contribution is 5.91. The summed E-state index contributed by atoms with van der Waals surface area (Å²) >= 11 is 0. The average Bonchev–Trinajstić information content (AvgIpc) is 2.96. The van der Waals surface area contributed by atoms with E-state index < -0.39 is 6.30 Å². The smallest absolute Gasteiger partial charge is 0.346 e. The molecule has 3 aromatic heterocycles. The lowest BCUT2D eigenvalue weighted by atomic mass is 10.1. The molecule has 0 fully saturated rings. The molecule has 0 aromatic carbocycles. The van der Waals surface area contributed by atoms with Gasteiger partial charge in [0.25, 0.3) is 0 Å². The molecule has 0 aliphatic rings. The van der Waals surface area contributed by atoms with Crippen LogP contribution in [-0.4, -0.2) is 19.5 Å². The van der Waals surface area contributed by atoms with E-state index in [1.165, 1.54) is 6.20 Å². The molecule has 0 radical (unpaired) electrons. The molecule has 0 saturated heterocycles. The van der Waals surface area contributed by atoms with Crippen molar-refractivity contribution in [2.45, 2.75) is 6.30 Å². The van der Waals surface area contributed by atoms with E-state index in [1.54, 1.807) is 18.3 Å². The fraction of sp³-hybridized carbons (Fsp3) is 0.0909. The number of nitrogens with zero attached hydrogens (tertiary/aromatic N) is 3. The molecule has 0 unspecified atom stereocenters. The van der Waals surface area contributed by atoms with Crippen molar-refractivity contribution in [1.29, 1.82) is 0 Å². The van der Waals surface area contributed by atoms with Gasteiger partial charge in [-0.25, -0.2) is 14.5 Å². The first-order valence-electron chi connectivity index (χ1n) is 5.09. The van der Waals surface area contributed by atoms with E-state index in [2.05, 4.69) is 15.0 Å². The van der Waals surface area contributed by atoms with E-state index in [1.807, 2.05) is 0 Å². The molecule has 0 spiro atoms. The highest BCUT2D eigenvalue weighted by Gasteiger charge is 2.30. The third-order valence-corrected chi connectivity index (χ3v) is 2.61. The monoisotopic (exact) mass is 252 g/mol. The summed E-state index contributed by atoms with van der Waals surface area (Å²) in [5, 5.41) is 0.741. The first-order valence-corrected chi connectivity index (χ1v) is 5.09. The van der Waals surface area contributed by atoms with Gasteiger partial charge in [0.2, 0.25) is 0 Å². The van der Waals surface area contributed by atoms with Gasteiger partial charge in [0.15, 0.2) is 0 Å². The Balaban J connectivity index is 2.15. The maximum absolute atomic E-state index is 12.5. The summed E-state index contributed by atoms with van der Waals surface area (Å²) in [6.45, 7) is 0. The van der Waals surface area contributed by atoms with Gasteiger partial charge in [-0.05, 0) is 12.1 Å². The number of H-pyrrole nitrogens is 1. The third-order valence-electron chi connectivity index (χ3n) is 2.61. The van der Waals surface area contributed by atoms with Crippen molar-refractivity contribution < 1.29 is 13.2 Å². The molecule has 0 atom stereocenters. The van der Waals surface area contributed by atoms with Gasteiger partial charge in [-0.15, -0.1) is 13.2 Å². The normalized spacial score (nSPS) is 12.2. The number of rotatable bonds is 1. The number of halogens is 3. The van der Waals surface area contributed by atoms with Crippen molar-refractivity contribution in [2.75, 3.05) is 0 Å². The van der Waals surface area contributed by atoms with E-state index in [9.17, 15) is 13.2 Å². The van der Waals surface area contributed by atoms with Crippen LogP contribution in [0.3, 0.4) is 0 Å². The zero-order valence-electron chi connectivity index (χ0n) is 8.94. The largest absolute Gasteiger partial charge is 0.489 e. The van der Waals surface area contributed by atoms with Gasteiger partial charge in [-0.2, -0.15) is 0 Å². The molecule has 0 bridgehead atoms. The minimum Gasteiger partial charge on any atom is -0.346 e. The minimum atomic E-state index is -4.45. The zero-order chi connectivity index (χ0) is 12.8. The molecule has 0 aliphatic heterocycles. The van der Waals surface area contributed by atoms with Crippen molar-refractivity contribution in [1.82, 2.24) is 19.5 Å². The number of fused-ring (bicyclic) bond motifs is 1. The number of imidazole rings is 1. The van der Waals surface area contributed by atoms with Crippen LogP contribution in [0, 0.1) is 0 Å². The Morgan fingerprint density at radius 1 is 1.17 bits per heavy atom. The molecule has 3 heterocycles. The van der Waals surface area contributed by atoms with Crippen molar-refractivity contribution in [3.63, 3.8) is 0 Å². The highest BCUT2D eigenvalue weighted by atomic mass is 19.4. The summed E-state index contributed by atoms with van der Waals surface area (Å²) in [5.41, 5.74) is 1.50. The lowest BCUT2D eigenvalue weighted by molar-refractivity contribution is -0.204. The molecule has 0 amide bonds. The van der Waals surface area contributed by atoms with Crippen LogP contribution < -0.4 is 0 Å². The lowest BCUT2D eigenvalue weighted by Gasteiger charge is -2.04. The molecule has 3 rings (SSSR count). The summed E-state index contributed by atoms with van der Waals surface area (Å²) in [4.78, 5) is 10.8. The van der Waals surface area contributed by atoms with Gasteiger partial charge in [0, 0.05) is 29.5 Å². The topological polar surface area (TPSA) is 46.5 Å². The molecule has 3 aromatic rings. The Bertz CT molecular complexity index is 695. The number of nitrogens with one attached hydrogen (secondary N) is 1. The SMILES string of the molecule is FC(F)(F)n1cnc(-c2ccnc3[nH]ccc23)c1. The number of hydrogen-bond acceptors (Lipinski definition) is 2. The first kappa shape index (κ1) is 10.8. The number of alkyl halides is 3. The van der Waals surface area contributed by atoms with Gasteiger partial charge in [-0.1, -0.05) is 0 Å². The van der Waals surface area contributed by atoms with Crippen LogP contribution >= 0.6 is 0 Å². The number of aromatic amines is 1. The van der Waals surface area contributed by atoms with Crippen molar-refractivity contribution in [2.24, 2.45) is 0 Å². The van der Waals surface area contributed by atoms with Crippen molar-refractivity contribution in [3.05, 3.63) is 37.1 Å². The summed E-state index contributed by atoms with van der Waals surface area (Å²) in [6, 6.07) is 3.39. The van der Waals surface area contributed by atoms with Crippen LogP contribution in [0.25, 0.3) is 22.3 Å². The van der Waals surface area contributed by atoms with Crippen LogP contribution in [0.1, 0.15) is 0 Å². The molecular weight excluding hydrogens is 245 g/mol. The average molecular weight is 252 g/mol. The first-order chi connectivity index (χ1) is 8.55. The van der Waals surface area contributed by atoms with E-state index in [4.69, 9.17) is 0 Å². The Morgan fingerprint density at radius 2 is 2.00 bits per heavy atom.